The summed E-state index contributed by atoms with van der Waals surface area (Å²) >= 11 is 0. The van der Waals surface area contributed by atoms with Crippen molar-refractivity contribution >= 4 is 29.9 Å². The van der Waals surface area contributed by atoms with E-state index in [-0.39, 0.29) is 24.0 Å². The molecule has 0 spiro atoms. The highest BCUT2D eigenvalue weighted by atomic mass is 127. The van der Waals surface area contributed by atoms with Crippen molar-refractivity contribution in [2.24, 2.45) is 4.99 Å². The van der Waals surface area contributed by atoms with Crippen LogP contribution >= 0.6 is 24.0 Å². The van der Waals surface area contributed by atoms with E-state index in [0.717, 1.165) is 44.2 Å². The molecule has 0 saturated carbocycles. The second kappa shape index (κ2) is 11.9. The van der Waals surface area contributed by atoms with E-state index in [0.29, 0.717) is 13.2 Å². The van der Waals surface area contributed by atoms with E-state index in [2.05, 4.69) is 47.9 Å². The Kier molecular flexibility index (Phi) is 9.57. The molecule has 28 heavy (non-hydrogen) atoms. The summed E-state index contributed by atoms with van der Waals surface area (Å²) in [6.45, 7) is 5.80. The average Bonchev–Trinajstić information content (AvgIpc) is 3.15. The van der Waals surface area contributed by atoms with Gasteiger partial charge in [-0.3, -0.25) is 0 Å². The first-order valence-corrected chi connectivity index (χ1v) is 9.62. The normalized spacial score (nSPS) is 12.7. The van der Waals surface area contributed by atoms with Crippen molar-refractivity contribution in [3.63, 3.8) is 0 Å². The third-order valence-corrected chi connectivity index (χ3v) is 4.63. The second-order valence-electron chi connectivity index (χ2n) is 6.61. The van der Waals surface area contributed by atoms with Crippen LogP contribution in [0.25, 0.3) is 0 Å². The molecule has 0 fully saturated rings. The molecule has 0 unspecified atom stereocenters. The molecule has 0 aromatic heterocycles. The summed E-state index contributed by atoms with van der Waals surface area (Å²) in [5.41, 5.74) is 5.02. The van der Waals surface area contributed by atoms with Crippen LogP contribution in [-0.4, -0.2) is 32.8 Å². The van der Waals surface area contributed by atoms with Gasteiger partial charge in [-0.15, -0.1) is 24.0 Å². The van der Waals surface area contributed by atoms with Crippen LogP contribution in [0.2, 0.25) is 0 Å². The molecule has 0 saturated heterocycles. The molecule has 1 aliphatic heterocycles. The highest BCUT2D eigenvalue weighted by Crippen LogP contribution is 2.25. The molecule has 152 valence electrons. The number of nitrogens with one attached hydrogen (secondary N) is 2. The first-order chi connectivity index (χ1) is 13.3. The number of halogens is 1. The first kappa shape index (κ1) is 22.5. The summed E-state index contributed by atoms with van der Waals surface area (Å²) in [6.07, 6.45) is 1.97. The van der Waals surface area contributed by atoms with Crippen LogP contribution in [0.5, 0.6) is 5.75 Å². The van der Waals surface area contributed by atoms with Crippen LogP contribution in [0.1, 0.15) is 29.2 Å². The van der Waals surface area contributed by atoms with E-state index in [1.54, 1.807) is 7.11 Å². The summed E-state index contributed by atoms with van der Waals surface area (Å²) in [7, 11) is 1.72. The van der Waals surface area contributed by atoms with E-state index in [1.165, 1.54) is 22.3 Å². The quantitative estimate of drug-likeness (QED) is 0.334. The van der Waals surface area contributed by atoms with Gasteiger partial charge in [-0.2, -0.15) is 0 Å². The lowest BCUT2D eigenvalue weighted by atomic mass is 10.1. The predicted molar refractivity (Wildman–Crippen MR) is 125 cm³/mol. The van der Waals surface area contributed by atoms with E-state index in [9.17, 15) is 0 Å². The summed E-state index contributed by atoms with van der Waals surface area (Å²) < 4.78 is 10.9. The molecular formula is C22H30IN3O2. The molecule has 2 aromatic carbocycles. The summed E-state index contributed by atoms with van der Waals surface area (Å²) in [5, 5.41) is 6.75. The molecule has 6 heteroatoms. The van der Waals surface area contributed by atoms with Gasteiger partial charge in [0, 0.05) is 26.6 Å². The molecule has 0 amide bonds. The van der Waals surface area contributed by atoms with Crippen molar-refractivity contribution < 1.29 is 9.47 Å². The minimum atomic E-state index is 0. The fourth-order valence-electron chi connectivity index (χ4n) is 3.23. The average molecular weight is 495 g/mol. The molecule has 0 radical (unpaired) electrons. The van der Waals surface area contributed by atoms with Crippen LogP contribution in [-0.2, 0) is 30.7 Å². The number of methoxy groups -OCH3 is 1. The number of hydrogen-bond acceptors (Lipinski definition) is 3. The van der Waals surface area contributed by atoms with E-state index in [1.807, 2.05) is 12.1 Å². The zero-order valence-electron chi connectivity index (χ0n) is 16.7. The maximum absolute atomic E-state index is 5.58. The van der Waals surface area contributed by atoms with E-state index in [4.69, 9.17) is 14.5 Å². The third-order valence-electron chi connectivity index (χ3n) is 4.63. The lowest BCUT2D eigenvalue weighted by molar-refractivity contribution is 0.184. The van der Waals surface area contributed by atoms with Crippen LogP contribution in [0.4, 0.5) is 0 Å². The highest BCUT2D eigenvalue weighted by molar-refractivity contribution is 14.0. The van der Waals surface area contributed by atoms with Gasteiger partial charge in [0.2, 0.25) is 0 Å². The monoisotopic (exact) mass is 495 g/mol. The topological polar surface area (TPSA) is 54.9 Å². The first-order valence-electron chi connectivity index (χ1n) is 9.62. The maximum atomic E-state index is 5.58. The maximum Gasteiger partial charge on any atom is 0.191 e. The molecule has 0 bridgehead atoms. The van der Waals surface area contributed by atoms with E-state index < -0.39 is 0 Å². The van der Waals surface area contributed by atoms with Gasteiger partial charge in [-0.1, -0.05) is 36.4 Å². The summed E-state index contributed by atoms with van der Waals surface area (Å²) in [5.74, 6) is 1.88. The Morgan fingerprint density at radius 3 is 2.75 bits per heavy atom. The molecule has 5 nitrogen and oxygen atoms in total. The number of benzene rings is 2. The number of rotatable bonds is 8. The number of guanidine groups is 1. The summed E-state index contributed by atoms with van der Waals surface area (Å²) in [4.78, 5) is 4.73. The molecule has 0 aliphatic carbocycles. The molecule has 0 atom stereocenters. The Balaban J connectivity index is 0.00000280. The van der Waals surface area contributed by atoms with Gasteiger partial charge in [0.05, 0.1) is 19.8 Å². The van der Waals surface area contributed by atoms with Gasteiger partial charge in [-0.05, 0) is 41.7 Å². The standard InChI is InChI=1S/C22H29N3O2.HI/c1-3-23-22(25-15-19-6-4-5-7-20(19)16-26-2)24-12-10-17-8-9-21-18(14-17)11-13-27-21;/h4-9,14H,3,10-13,15-16H2,1-2H3,(H2,23,24,25);1H. The Morgan fingerprint density at radius 1 is 1.14 bits per heavy atom. The molecular weight excluding hydrogens is 465 g/mol. The lowest BCUT2D eigenvalue weighted by Crippen LogP contribution is -2.38. The largest absolute Gasteiger partial charge is 0.493 e. The lowest BCUT2D eigenvalue weighted by Gasteiger charge is -2.13. The van der Waals surface area contributed by atoms with Crippen molar-refractivity contribution in [3.05, 3.63) is 64.7 Å². The van der Waals surface area contributed by atoms with Gasteiger partial charge in [0.15, 0.2) is 5.96 Å². The number of ether oxygens (including phenoxy) is 2. The van der Waals surface area contributed by atoms with Crippen LogP contribution in [0.3, 0.4) is 0 Å². The second-order valence-corrected chi connectivity index (χ2v) is 6.61. The molecule has 2 N–H and O–H groups in total. The van der Waals surface area contributed by atoms with Gasteiger partial charge in [0.1, 0.15) is 5.75 Å². The van der Waals surface area contributed by atoms with Crippen LogP contribution in [0, 0.1) is 0 Å². The van der Waals surface area contributed by atoms with Crippen molar-refractivity contribution in [3.8, 4) is 5.75 Å². The Bertz CT molecular complexity index is 780. The number of fused-ring (bicyclic) bond motifs is 1. The van der Waals surface area contributed by atoms with Crippen LogP contribution < -0.4 is 15.4 Å². The highest BCUT2D eigenvalue weighted by Gasteiger charge is 2.11. The van der Waals surface area contributed by atoms with Crippen LogP contribution in [0.15, 0.2) is 47.5 Å². The minimum absolute atomic E-state index is 0. The van der Waals surface area contributed by atoms with Crippen molar-refractivity contribution in [2.45, 2.75) is 32.9 Å². The number of hydrogen-bond donors (Lipinski definition) is 2. The van der Waals surface area contributed by atoms with Gasteiger partial charge in [0.25, 0.3) is 0 Å². The minimum Gasteiger partial charge on any atom is -0.493 e. The Labute approximate surface area is 184 Å². The molecule has 1 heterocycles. The fraction of sp³-hybridized carbons (Fsp3) is 0.409. The van der Waals surface area contributed by atoms with Crippen molar-refractivity contribution in [1.29, 1.82) is 0 Å². The number of aliphatic imine (C=N–C) groups is 1. The third kappa shape index (κ3) is 6.38. The van der Waals surface area contributed by atoms with E-state index >= 15 is 0 Å². The van der Waals surface area contributed by atoms with Gasteiger partial charge in [-0.25, -0.2) is 4.99 Å². The fourth-order valence-corrected chi connectivity index (χ4v) is 3.23. The Morgan fingerprint density at radius 2 is 1.96 bits per heavy atom. The zero-order valence-corrected chi connectivity index (χ0v) is 19.0. The van der Waals surface area contributed by atoms with Gasteiger partial charge >= 0.3 is 0 Å². The van der Waals surface area contributed by atoms with Gasteiger partial charge < -0.3 is 20.1 Å². The van der Waals surface area contributed by atoms with Crippen molar-refractivity contribution in [2.75, 3.05) is 26.8 Å². The zero-order chi connectivity index (χ0) is 18.9. The Hall–Kier alpha value is -1.80. The molecule has 3 rings (SSSR count). The number of nitrogens with zero attached hydrogens (tertiary/aromatic N) is 1. The smallest absolute Gasteiger partial charge is 0.191 e. The predicted octanol–water partition coefficient (Wildman–Crippen LogP) is 3.68. The molecule has 2 aromatic rings. The van der Waals surface area contributed by atoms with Crippen molar-refractivity contribution in [1.82, 2.24) is 10.6 Å². The summed E-state index contributed by atoms with van der Waals surface area (Å²) in [6, 6.07) is 14.8. The SMILES string of the molecule is CCNC(=NCc1ccccc1COC)NCCc1ccc2c(c1)CCO2.I. The molecule has 1 aliphatic rings.